The van der Waals surface area contributed by atoms with Gasteiger partial charge in [0, 0.05) is 19.1 Å². The van der Waals surface area contributed by atoms with Crippen molar-refractivity contribution in [2.45, 2.75) is 51.2 Å². The quantitative estimate of drug-likeness (QED) is 0.581. The highest BCUT2D eigenvalue weighted by Crippen LogP contribution is 2.31. The molecule has 4 heteroatoms. The Morgan fingerprint density at radius 3 is 2.88 bits per heavy atom. The normalized spacial score (nSPS) is 35.7. The zero-order valence-corrected chi connectivity index (χ0v) is 10.8. The summed E-state index contributed by atoms with van der Waals surface area (Å²) in [6, 6.07) is 0.694. The minimum absolute atomic E-state index is 0.178. The van der Waals surface area contributed by atoms with Crippen molar-refractivity contribution in [3.63, 3.8) is 0 Å². The van der Waals surface area contributed by atoms with E-state index in [1.165, 1.54) is 32.1 Å². The summed E-state index contributed by atoms with van der Waals surface area (Å²) in [5, 5.41) is 7.51. The van der Waals surface area contributed by atoms with E-state index < -0.39 is 0 Å². The highest BCUT2D eigenvalue weighted by Gasteiger charge is 2.33. The van der Waals surface area contributed by atoms with Gasteiger partial charge in [0.2, 0.25) is 0 Å². The lowest BCUT2D eigenvalue weighted by atomic mass is 9.81. The molecule has 1 saturated heterocycles. The van der Waals surface area contributed by atoms with Crippen LogP contribution in [0.1, 0.15) is 39.0 Å². The van der Waals surface area contributed by atoms with E-state index >= 15 is 0 Å². The molecule has 17 heavy (non-hydrogen) atoms. The van der Waals surface area contributed by atoms with Crippen molar-refractivity contribution < 1.29 is 4.74 Å². The van der Waals surface area contributed by atoms with Crippen LogP contribution in [-0.2, 0) is 4.74 Å². The Hall–Kier alpha value is -0.610. The van der Waals surface area contributed by atoms with Crippen LogP contribution in [0, 0.1) is 11.3 Å². The molecule has 0 aromatic rings. The summed E-state index contributed by atoms with van der Waals surface area (Å²) in [4.78, 5) is 2.52. The summed E-state index contributed by atoms with van der Waals surface area (Å²) >= 11 is 0. The minimum atomic E-state index is -0.178. The van der Waals surface area contributed by atoms with E-state index in [1.807, 2.05) is 0 Å². The van der Waals surface area contributed by atoms with Crippen LogP contribution in [0.25, 0.3) is 0 Å². The third kappa shape index (κ3) is 2.99. The molecule has 1 saturated carbocycles. The molecule has 2 fully saturated rings. The lowest BCUT2D eigenvalue weighted by Crippen LogP contribution is -2.54. The lowest BCUT2D eigenvalue weighted by molar-refractivity contribution is -0.0317. The maximum absolute atomic E-state index is 7.51. The molecule has 1 heterocycles. The summed E-state index contributed by atoms with van der Waals surface area (Å²) in [6.07, 6.45) is 6.50. The van der Waals surface area contributed by atoms with Crippen molar-refractivity contribution in [3.05, 3.63) is 0 Å². The van der Waals surface area contributed by atoms with Gasteiger partial charge in [-0.3, -0.25) is 10.3 Å². The molecule has 0 aromatic heterocycles. The molecule has 98 valence electrons. The van der Waals surface area contributed by atoms with Gasteiger partial charge in [-0.15, -0.1) is 0 Å². The molecule has 2 rings (SSSR count). The van der Waals surface area contributed by atoms with Gasteiger partial charge in [-0.25, -0.2) is 0 Å². The summed E-state index contributed by atoms with van der Waals surface area (Å²) in [5.41, 5.74) is 5.56. The largest absolute Gasteiger partial charge is 0.385 e. The fourth-order valence-electron chi connectivity index (χ4n) is 3.30. The lowest BCUT2D eigenvalue weighted by Gasteiger charge is -2.43. The first kappa shape index (κ1) is 12.8. The predicted octanol–water partition coefficient (Wildman–Crippen LogP) is 1.59. The van der Waals surface area contributed by atoms with Crippen molar-refractivity contribution in [2.75, 3.05) is 19.7 Å². The van der Waals surface area contributed by atoms with Gasteiger partial charge in [-0.05, 0) is 18.8 Å². The first-order valence-corrected chi connectivity index (χ1v) is 6.92. The molecule has 3 N–H and O–H groups in total. The topological polar surface area (TPSA) is 62.3 Å². The molecule has 1 aliphatic heterocycles. The number of ether oxygens (including phenoxy) is 1. The second kappa shape index (κ2) is 5.83. The minimum Gasteiger partial charge on any atom is -0.385 e. The van der Waals surface area contributed by atoms with Gasteiger partial charge in [0.25, 0.3) is 0 Å². The first-order valence-electron chi connectivity index (χ1n) is 6.92. The number of amidine groups is 1. The van der Waals surface area contributed by atoms with Crippen LogP contribution in [0.5, 0.6) is 0 Å². The molecule has 0 bridgehead atoms. The summed E-state index contributed by atoms with van der Waals surface area (Å²) in [6.45, 7) is 4.84. The highest BCUT2D eigenvalue weighted by molar-refractivity contribution is 5.82. The third-order valence-corrected chi connectivity index (χ3v) is 4.31. The zero-order chi connectivity index (χ0) is 12.3. The Morgan fingerprint density at radius 1 is 1.41 bits per heavy atom. The number of nitrogens with two attached hydrogens (primary N) is 1. The van der Waals surface area contributed by atoms with Crippen LogP contribution >= 0.6 is 0 Å². The number of nitrogens with zero attached hydrogens (tertiary/aromatic N) is 1. The van der Waals surface area contributed by atoms with Crippen molar-refractivity contribution in [1.82, 2.24) is 4.90 Å². The van der Waals surface area contributed by atoms with Crippen LogP contribution in [0.15, 0.2) is 0 Å². The Bertz CT molecular complexity index is 269. The molecule has 3 atom stereocenters. The summed E-state index contributed by atoms with van der Waals surface area (Å²) in [7, 11) is 0. The Labute approximate surface area is 104 Å². The van der Waals surface area contributed by atoms with Crippen molar-refractivity contribution in [1.29, 1.82) is 5.41 Å². The summed E-state index contributed by atoms with van der Waals surface area (Å²) < 4.78 is 5.54. The standard InChI is InChI=1S/C13H25N3O/c1-2-10-5-3-4-6-11(10)16-7-8-17-12(9-16)13(14)15/h10-12H,2-9H2,1H3,(H3,14,15). The molecular formula is C13H25N3O. The van der Waals surface area contributed by atoms with Gasteiger partial charge in [0.1, 0.15) is 11.9 Å². The van der Waals surface area contributed by atoms with E-state index in [9.17, 15) is 0 Å². The average molecular weight is 239 g/mol. The van der Waals surface area contributed by atoms with E-state index in [2.05, 4.69) is 11.8 Å². The molecule has 0 amide bonds. The Kier molecular flexibility index (Phi) is 4.40. The molecule has 4 nitrogen and oxygen atoms in total. The fraction of sp³-hybridized carbons (Fsp3) is 0.923. The molecule has 0 aromatic carbocycles. The van der Waals surface area contributed by atoms with Crippen LogP contribution in [0.2, 0.25) is 0 Å². The van der Waals surface area contributed by atoms with E-state index in [1.54, 1.807) is 0 Å². The average Bonchev–Trinajstić information content (AvgIpc) is 2.39. The van der Waals surface area contributed by atoms with Crippen molar-refractivity contribution in [3.8, 4) is 0 Å². The van der Waals surface area contributed by atoms with E-state index in [0.717, 1.165) is 25.6 Å². The highest BCUT2D eigenvalue weighted by atomic mass is 16.5. The fourth-order valence-corrected chi connectivity index (χ4v) is 3.30. The maximum Gasteiger partial charge on any atom is 0.127 e. The zero-order valence-electron chi connectivity index (χ0n) is 10.8. The van der Waals surface area contributed by atoms with Crippen LogP contribution < -0.4 is 5.73 Å². The van der Waals surface area contributed by atoms with Crippen molar-refractivity contribution in [2.24, 2.45) is 11.7 Å². The molecule has 1 aliphatic carbocycles. The molecule has 0 radical (unpaired) electrons. The van der Waals surface area contributed by atoms with E-state index in [4.69, 9.17) is 15.9 Å². The number of rotatable bonds is 3. The SMILES string of the molecule is CCC1CCCCC1N1CCOC(C(=N)N)C1. The van der Waals surface area contributed by atoms with E-state index in [-0.39, 0.29) is 11.9 Å². The number of morpholine rings is 1. The number of hydrogen-bond acceptors (Lipinski definition) is 3. The number of nitrogens with one attached hydrogen (secondary N) is 1. The first-order chi connectivity index (χ1) is 8.22. The maximum atomic E-state index is 7.51. The van der Waals surface area contributed by atoms with E-state index in [0.29, 0.717) is 6.04 Å². The van der Waals surface area contributed by atoms with Gasteiger partial charge < -0.3 is 10.5 Å². The van der Waals surface area contributed by atoms with Crippen molar-refractivity contribution >= 4 is 5.84 Å². The molecule has 0 spiro atoms. The number of hydrogen-bond donors (Lipinski definition) is 2. The monoisotopic (exact) mass is 239 g/mol. The third-order valence-electron chi connectivity index (χ3n) is 4.31. The second-order valence-electron chi connectivity index (χ2n) is 5.33. The van der Waals surface area contributed by atoms with Gasteiger partial charge in [-0.2, -0.15) is 0 Å². The van der Waals surface area contributed by atoms with Gasteiger partial charge in [0.15, 0.2) is 0 Å². The van der Waals surface area contributed by atoms with Gasteiger partial charge in [-0.1, -0.05) is 26.2 Å². The molecule has 2 aliphatic rings. The Balaban J connectivity index is 1.97. The van der Waals surface area contributed by atoms with Crippen LogP contribution in [0.3, 0.4) is 0 Å². The second-order valence-corrected chi connectivity index (χ2v) is 5.33. The van der Waals surface area contributed by atoms with Gasteiger partial charge in [0.05, 0.1) is 6.61 Å². The van der Waals surface area contributed by atoms with Crippen LogP contribution in [0.4, 0.5) is 0 Å². The van der Waals surface area contributed by atoms with Gasteiger partial charge >= 0.3 is 0 Å². The molecule has 3 unspecified atom stereocenters. The Morgan fingerprint density at radius 2 is 2.18 bits per heavy atom. The summed E-state index contributed by atoms with van der Waals surface area (Å²) in [5.74, 6) is 1.01. The smallest absolute Gasteiger partial charge is 0.127 e. The molecular weight excluding hydrogens is 214 g/mol. The predicted molar refractivity (Wildman–Crippen MR) is 69.3 cm³/mol. The van der Waals surface area contributed by atoms with Crippen LogP contribution in [-0.4, -0.2) is 42.6 Å².